The quantitative estimate of drug-likeness (QED) is 0.781. The fourth-order valence-electron chi connectivity index (χ4n) is 2.99. The summed E-state index contributed by atoms with van der Waals surface area (Å²) in [5.74, 6) is 0.218. The van der Waals surface area contributed by atoms with E-state index in [1.807, 2.05) is 0 Å². The van der Waals surface area contributed by atoms with E-state index in [2.05, 4.69) is 19.9 Å². The number of carboxylic acids is 1. The Bertz CT molecular complexity index is 645. The van der Waals surface area contributed by atoms with Gasteiger partial charge in [0.1, 0.15) is 17.7 Å². The van der Waals surface area contributed by atoms with Crippen molar-refractivity contribution in [1.29, 1.82) is 0 Å². The highest BCUT2D eigenvalue weighted by molar-refractivity contribution is 5.81. The number of rotatable bonds is 3. The molecule has 1 aliphatic carbocycles. The molecule has 0 spiro atoms. The number of hydrogen-bond acceptors (Lipinski definition) is 5. The summed E-state index contributed by atoms with van der Waals surface area (Å²) < 4.78 is 0. The first-order valence-electron chi connectivity index (χ1n) is 6.79. The Morgan fingerprint density at radius 1 is 1.35 bits per heavy atom. The lowest BCUT2D eigenvalue weighted by molar-refractivity contribution is -0.151. The summed E-state index contributed by atoms with van der Waals surface area (Å²) in [6.45, 7) is 0. The molecule has 106 valence electrons. The van der Waals surface area contributed by atoms with Crippen molar-refractivity contribution in [3.05, 3.63) is 12.2 Å². The van der Waals surface area contributed by atoms with Gasteiger partial charge < -0.3 is 15.8 Å². The Morgan fingerprint density at radius 3 is 2.75 bits per heavy atom. The number of H-pyrrole nitrogens is 1. The molecule has 1 saturated carbocycles. The minimum atomic E-state index is -0.739. The van der Waals surface area contributed by atoms with Crippen molar-refractivity contribution in [3.63, 3.8) is 0 Å². The number of aliphatic carboxylic acids is 1. The molecule has 0 aliphatic heterocycles. The van der Waals surface area contributed by atoms with Gasteiger partial charge in [0.05, 0.1) is 5.41 Å². The number of nitrogen functional groups attached to an aromatic ring is 1. The molecule has 0 radical (unpaired) electrons. The third kappa shape index (κ3) is 2.09. The highest BCUT2D eigenvalue weighted by atomic mass is 16.4. The second-order valence-corrected chi connectivity index (χ2v) is 5.46. The van der Waals surface area contributed by atoms with Crippen LogP contribution < -0.4 is 5.73 Å². The average Bonchev–Trinajstić information content (AvgIpc) is 2.83. The number of aromatic nitrogens is 4. The maximum Gasteiger partial charge on any atom is 0.310 e. The third-order valence-electron chi connectivity index (χ3n) is 4.14. The molecule has 0 saturated heterocycles. The zero-order valence-electron chi connectivity index (χ0n) is 11.1. The molecule has 1 aliphatic rings. The van der Waals surface area contributed by atoms with Gasteiger partial charge in [-0.15, -0.1) is 0 Å². The van der Waals surface area contributed by atoms with Gasteiger partial charge in [0.2, 0.25) is 0 Å². The molecular weight excluding hydrogens is 258 g/mol. The van der Waals surface area contributed by atoms with E-state index in [0.717, 1.165) is 19.3 Å². The summed E-state index contributed by atoms with van der Waals surface area (Å²) in [6.07, 6.45) is 6.14. The van der Waals surface area contributed by atoms with Gasteiger partial charge in [0.15, 0.2) is 11.5 Å². The van der Waals surface area contributed by atoms with Crippen LogP contribution in [0.3, 0.4) is 0 Å². The summed E-state index contributed by atoms with van der Waals surface area (Å²) >= 11 is 0. The molecule has 1 fully saturated rings. The average molecular weight is 275 g/mol. The maximum absolute atomic E-state index is 11.7. The van der Waals surface area contributed by atoms with E-state index >= 15 is 0 Å². The third-order valence-corrected chi connectivity index (χ3v) is 4.14. The van der Waals surface area contributed by atoms with E-state index in [0.29, 0.717) is 42.1 Å². The molecule has 2 aromatic rings. The topological polar surface area (TPSA) is 118 Å². The van der Waals surface area contributed by atoms with Crippen LogP contribution in [0.4, 0.5) is 5.82 Å². The normalized spacial score (nSPS) is 18.2. The fraction of sp³-hybridized carbons (Fsp3) is 0.538. The van der Waals surface area contributed by atoms with Crippen molar-refractivity contribution < 1.29 is 9.90 Å². The second kappa shape index (κ2) is 4.73. The molecule has 2 aromatic heterocycles. The van der Waals surface area contributed by atoms with Gasteiger partial charge in [-0.25, -0.2) is 15.0 Å². The Hall–Kier alpha value is -2.18. The standard InChI is InChI=1S/C13H17N5O2/c14-10-9-11(16-7-15-10)18-8(17-9)6-13(12(19)20)4-2-1-3-5-13/h7H,1-6H2,(H,19,20)(H3,14,15,16,17,18). The summed E-state index contributed by atoms with van der Waals surface area (Å²) in [5.41, 5.74) is 6.11. The second-order valence-electron chi connectivity index (χ2n) is 5.46. The summed E-state index contributed by atoms with van der Waals surface area (Å²) in [6, 6.07) is 0. The summed E-state index contributed by atoms with van der Waals surface area (Å²) in [4.78, 5) is 27.0. The molecule has 20 heavy (non-hydrogen) atoms. The molecule has 0 unspecified atom stereocenters. The van der Waals surface area contributed by atoms with Crippen molar-refractivity contribution in [2.75, 3.05) is 5.73 Å². The number of fused-ring (bicyclic) bond motifs is 1. The molecule has 7 nitrogen and oxygen atoms in total. The van der Waals surface area contributed by atoms with Gasteiger partial charge in [-0.1, -0.05) is 19.3 Å². The van der Waals surface area contributed by atoms with Gasteiger partial charge in [0, 0.05) is 6.42 Å². The van der Waals surface area contributed by atoms with Crippen LogP contribution >= 0.6 is 0 Å². The van der Waals surface area contributed by atoms with Crippen molar-refractivity contribution in [3.8, 4) is 0 Å². The van der Waals surface area contributed by atoms with Crippen molar-refractivity contribution in [2.24, 2.45) is 5.41 Å². The fourth-order valence-corrected chi connectivity index (χ4v) is 2.99. The van der Waals surface area contributed by atoms with Crippen LogP contribution in [-0.2, 0) is 11.2 Å². The van der Waals surface area contributed by atoms with Gasteiger partial charge in [0.25, 0.3) is 0 Å². The number of imidazole rings is 1. The molecule has 7 heteroatoms. The molecule has 4 N–H and O–H groups in total. The number of carbonyl (C=O) groups is 1. The van der Waals surface area contributed by atoms with E-state index in [9.17, 15) is 9.90 Å². The van der Waals surface area contributed by atoms with Crippen LogP contribution in [0.15, 0.2) is 6.33 Å². The van der Waals surface area contributed by atoms with E-state index < -0.39 is 11.4 Å². The minimum absolute atomic E-state index is 0.335. The number of carboxylic acid groups (broad SMARTS) is 1. The molecule has 0 bridgehead atoms. The number of nitrogens with two attached hydrogens (primary N) is 1. The predicted octanol–water partition coefficient (Wildman–Crippen LogP) is 1.51. The van der Waals surface area contributed by atoms with Crippen LogP contribution in [0.2, 0.25) is 0 Å². The largest absolute Gasteiger partial charge is 0.481 e. The van der Waals surface area contributed by atoms with Crippen molar-refractivity contribution in [2.45, 2.75) is 38.5 Å². The maximum atomic E-state index is 11.7. The SMILES string of the molecule is Nc1ncnc2nc(CC3(C(=O)O)CCCCC3)[nH]c12. The van der Waals surface area contributed by atoms with Crippen LogP contribution in [0.5, 0.6) is 0 Å². The molecule has 0 aromatic carbocycles. The molecule has 0 amide bonds. The van der Waals surface area contributed by atoms with E-state index in [1.54, 1.807) is 0 Å². The van der Waals surface area contributed by atoms with E-state index in [1.165, 1.54) is 6.33 Å². The number of hydrogen-bond donors (Lipinski definition) is 3. The summed E-state index contributed by atoms with van der Waals surface area (Å²) in [5, 5.41) is 9.59. The number of nitrogens with zero attached hydrogens (tertiary/aromatic N) is 3. The van der Waals surface area contributed by atoms with Gasteiger partial charge in [-0.3, -0.25) is 4.79 Å². The zero-order chi connectivity index (χ0) is 14.2. The smallest absolute Gasteiger partial charge is 0.310 e. The molecule has 2 heterocycles. The number of nitrogens with one attached hydrogen (secondary N) is 1. The first-order chi connectivity index (χ1) is 9.61. The Morgan fingerprint density at radius 2 is 2.10 bits per heavy atom. The number of aromatic amines is 1. The van der Waals surface area contributed by atoms with Crippen molar-refractivity contribution in [1.82, 2.24) is 19.9 Å². The Labute approximate surface area is 115 Å². The lowest BCUT2D eigenvalue weighted by Gasteiger charge is -2.32. The van der Waals surface area contributed by atoms with Gasteiger partial charge in [-0.05, 0) is 12.8 Å². The predicted molar refractivity (Wildman–Crippen MR) is 73.0 cm³/mol. The van der Waals surface area contributed by atoms with Gasteiger partial charge in [-0.2, -0.15) is 0 Å². The van der Waals surface area contributed by atoms with Crippen LogP contribution in [0.1, 0.15) is 37.9 Å². The summed E-state index contributed by atoms with van der Waals surface area (Å²) in [7, 11) is 0. The lowest BCUT2D eigenvalue weighted by atomic mass is 9.72. The first kappa shape index (κ1) is 12.8. The van der Waals surface area contributed by atoms with E-state index in [-0.39, 0.29) is 0 Å². The number of anilines is 1. The van der Waals surface area contributed by atoms with Crippen LogP contribution in [0.25, 0.3) is 11.2 Å². The minimum Gasteiger partial charge on any atom is -0.481 e. The van der Waals surface area contributed by atoms with Gasteiger partial charge >= 0.3 is 5.97 Å². The highest BCUT2D eigenvalue weighted by Gasteiger charge is 2.40. The van der Waals surface area contributed by atoms with Crippen LogP contribution in [-0.4, -0.2) is 31.0 Å². The van der Waals surface area contributed by atoms with Crippen molar-refractivity contribution >= 4 is 23.0 Å². The Kier molecular flexibility index (Phi) is 3.04. The zero-order valence-corrected chi connectivity index (χ0v) is 11.1. The van der Waals surface area contributed by atoms with Crippen LogP contribution in [0, 0.1) is 5.41 Å². The first-order valence-corrected chi connectivity index (χ1v) is 6.79. The lowest BCUT2D eigenvalue weighted by Crippen LogP contribution is -2.35. The molecule has 3 rings (SSSR count). The highest BCUT2D eigenvalue weighted by Crippen LogP contribution is 2.39. The monoisotopic (exact) mass is 275 g/mol. The Balaban J connectivity index is 1.94. The van der Waals surface area contributed by atoms with E-state index in [4.69, 9.17) is 5.73 Å². The molecular formula is C13H17N5O2. The molecule has 0 atom stereocenters.